The van der Waals surface area contributed by atoms with Crippen molar-refractivity contribution in [2.24, 2.45) is 5.41 Å². The minimum atomic E-state index is -0.970. The number of hydrogen-bond donors (Lipinski definition) is 0. The highest BCUT2D eigenvalue weighted by Gasteiger charge is 2.54. The van der Waals surface area contributed by atoms with Crippen LogP contribution in [-0.4, -0.2) is 16.7 Å². The molecule has 4 nitrogen and oxygen atoms in total. The van der Waals surface area contributed by atoms with E-state index in [0.717, 1.165) is 12.8 Å². The Balaban J connectivity index is 1.94. The molecule has 24 heavy (non-hydrogen) atoms. The Kier molecular flexibility index (Phi) is 3.62. The number of pyridine rings is 1. The van der Waals surface area contributed by atoms with E-state index < -0.39 is 5.41 Å². The fourth-order valence-corrected chi connectivity index (χ4v) is 3.99. The second-order valence-electron chi connectivity index (χ2n) is 6.23. The Bertz CT molecular complexity index is 860. The molecule has 1 amide bonds. The van der Waals surface area contributed by atoms with E-state index in [2.05, 4.69) is 4.98 Å². The molecule has 1 aliphatic carbocycles. The molecule has 1 fully saturated rings. The van der Waals surface area contributed by atoms with E-state index in [-0.39, 0.29) is 11.7 Å². The Morgan fingerprint density at radius 1 is 1.04 bits per heavy atom. The number of amides is 1. The van der Waals surface area contributed by atoms with E-state index >= 15 is 0 Å². The number of fused-ring (bicyclic) bond motifs is 1. The highest BCUT2D eigenvalue weighted by molar-refractivity contribution is 6.42. The van der Waals surface area contributed by atoms with Gasteiger partial charge in [0.15, 0.2) is 11.6 Å². The van der Waals surface area contributed by atoms with Gasteiger partial charge in [-0.15, -0.1) is 0 Å². The largest absolute Gasteiger partial charge is 0.293 e. The standard InChI is InChI=1S/C18H14Cl2N2O2/c19-13-6-5-11(10-14(13)20)22-16-12(4-3-9-21-16)15(23)18(17(22)24)7-1-2-8-18/h3-6,9-10H,1-2,7-8H2. The van der Waals surface area contributed by atoms with Gasteiger partial charge in [-0.2, -0.15) is 0 Å². The van der Waals surface area contributed by atoms with Crippen LogP contribution in [0.3, 0.4) is 0 Å². The van der Waals surface area contributed by atoms with E-state index in [4.69, 9.17) is 23.2 Å². The summed E-state index contributed by atoms with van der Waals surface area (Å²) in [5.41, 5.74) is 0.0977. The van der Waals surface area contributed by atoms with Crippen molar-refractivity contribution in [1.29, 1.82) is 0 Å². The number of anilines is 2. The molecule has 2 heterocycles. The van der Waals surface area contributed by atoms with Crippen LogP contribution < -0.4 is 4.90 Å². The Hall–Kier alpha value is -1.91. The monoisotopic (exact) mass is 360 g/mol. The van der Waals surface area contributed by atoms with Crippen LogP contribution in [0, 0.1) is 5.41 Å². The van der Waals surface area contributed by atoms with Crippen molar-refractivity contribution in [3.05, 3.63) is 52.1 Å². The molecule has 1 aromatic carbocycles. The van der Waals surface area contributed by atoms with Crippen LogP contribution >= 0.6 is 23.2 Å². The highest BCUT2D eigenvalue weighted by Crippen LogP contribution is 2.49. The smallest absolute Gasteiger partial charge is 0.246 e. The average Bonchev–Trinajstić information content (AvgIpc) is 3.08. The summed E-state index contributed by atoms with van der Waals surface area (Å²) in [5, 5.41) is 0.773. The van der Waals surface area contributed by atoms with E-state index in [1.54, 1.807) is 36.5 Å². The van der Waals surface area contributed by atoms with Crippen LogP contribution in [0.2, 0.25) is 10.0 Å². The molecule has 1 saturated carbocycles. The molecule has 0 unspecified atom stereocenters. The lowest BCUT2D eigenvalue weighted by Crippen LogP contribution is -2.50. The maximum absolute atomic E-state index is 13.3. The van der Waals surface area contributed by atoms with Gasteiger partial charge in [-0.25, -0.2) is 4.98 Å². The normalized spacial score (nSPS) is 19.0. The Morgan fingerprint density at radius 2 is 1.79 bits per heavy atom. The van der Waals surface area contributed by atoms with E-state index in [1.807, 2.05) is 0 Å². The van der Waals surface area contributed by atoms with E-state index in [9.17, 15) is 9.59 Å². The lowest BCUT2D eigenvalue weighted by molar-refractivity contribution is -0.125. The Labute approximate surface area is 149 Å². The molecule has 0 N–H and O–H groups in total. The SMILES string of the molecule is O=C1c2cccnc2N(c2ccc(Cl)c(Cl)c2)C(=O)C12CCCC2. The number of carbonyl (C=O) groups is 2. The number of aromatic nitrogens is 1. The molecule has 122 valence electrons. The molecular weight excluding hydrogens is 347 g/mol. The molecule has 0 saturated heterocycles. The first-order chi connectivity index (χ1) is 11.5. The number of benzene rings is 1. The fraction of sp³-hybridized carbons (Fsp3) is 0.278. The molecule has 1 aliphatic heterocycles. The quantitative estimate of drug-likeness (QED) is 0.685. The summed E-state index contributed by atoms with van der Waals surface area (Å²) in [6, 6.07) is 8.47. The van der Waals surface area contributed by atoms with Crippen molar-refractivity contribution in [1.82, 2.24) is 4.98 Å². The molecule has 1 aromatic heterocycles. The number of carbonyl (C=O) groups excluding carboxylic acids is 2. The summed E-state index contributed by atoms with van der Waals surface area (Å²) < 4.78 is 0. The maximum Gasteiger partial charge on any atom is 0.246 e. The van der Waals surface area contributed by atoms with Gasteiger partial charge in [0, 0.05) is 6.20 Å². The lowest BCUT2D eigenvalue weighted by atomic mass is 9.75. The minimum absolute atomic E-state index is 0.107. The third kappa shape index (κ3) is 2.10. The first-order valence-electron chi connectivity index (χ1n) is 7.84. The third-order valence-corrected chi connectivity index (χ3v) is 5.65. The summed E-state index contributed by atoms with van der Waals surface area (Å²) >= 11 is 12.1. The average molecular weight is 361 g/mol. The van der Waals surface area contributed by atoms with Gasteiger partial charge < -0.3 is 0 Å². The van der Waals surface area contributed by atoms with Gasteiger partial charge in [0.25, 0.3) is 0 Å². The van der Waals surface area contributed by atoms with E-state index in [1.165, 1.54) is 4.90 Å². The first-order valence-corrected chi connectivity index (χ1v) is 8.60. The Morgan fingerprint density at radius 3 is 2.50 bits per heavy atom. The zero-order valence-electron chi connectivity index (χ0n) is 12.8. The molecule has 1 spiro atoms. The topological polar surface area (TPSA) is 50.3 Å². The van der Waals surface area contributed by atoms with Gasteiger partial charge >= 0.3 is 0 Å². The van der Waals surface area contributed by atoms with Crippen molar-refractivity contribution >= 4 is 46.4 Å². The van der Waals surface area contributed by atoms with Gasteiger partial charge in [-0.3, -0.25) is 14.5 Å². The molecule has 0 atom stereocenters. The maximum atomic E-state index is 13.3. The second-order valence-corrected chi connectivity index (χ2v) is 7.05. The van der Waals surface area contributed by atoms with Crippen molar-refractivity contribution in [3.63, 3.8) is 0 Å². The van der Waals surface area contributed by atoms with Crippen molar-refractivity contribution < 1.29 is 9.59 Å². The zero-order valence-corrected chi connectivity index (χ0v) is 14.3. The molecule has 2 aromatic rings. The van der Waals surface area contributed by atoms with Gasteiger partial charge in [0.2, 0.25) is 5.91 Å². The van der Waals surface area contributed by atoms with Crippen LogP contribution in [0.1, 0.15) is 36.0 Å². The third-order valence-electron chi connectivity index (χ3n) is 4.91. The first kappa shape index (κ1) is 15.6. The van der Waals surface area contributed by atoms with Crippen LogP contribution in [0.15, 0.2) is 36.5 Å². The van der Waals surface area contributed by atoms with Crippen LogP contribution in [0.5, 0.6) is 0 Å². The number of halogens is 2. The minimum Gasteiger partial charge on any atom is -0.293 e. The molecule has 2 aliphatic rings. The van der Waals surface area contributed by atoms with Gasteiger partial charge in [-0.1, -0.05) is 36.0 Å². The van der Waals surface area contributed by atoms with Gasteiger partial charge in [0.05, 0.1) is 21.3 Å². The van der Waals surface area contributed by atoms with E-state index in [0.29, 0.717) is 40.0 Å². The predicted octanol–water partition coefficient (Wildman–Crippen LogP) is 4.81. The number of nitrogens with zero attached hydrogens (tertiary/aromatic N) is 2. The summed E-state index contributed by atoms with van der Waals surface area (Å²) in [6.45, 7) is 0. The summed E-state index contributed by atoms with van der Waals surface area (Å²) in [7, 11) is 0. The highest BCUT2D eigenvalue weighted by atomic mass is 35.5. The molecule has 0 radical (unpaired) electrons. The number of Topliss-reactive ketones (excluding diaryl/α,β-unsaturated/α-hetero) is 1. The zero-order chi connectivity index (χ0) is 16.9. The number of hydrogen-bond acceptors (Lipinski definition) is 3. The van der Waals surface area contributed by atoms with Gasteiger partial charge in [-0.05, 0) is 43.2 Å². The molecule has 4 rings (SSSR count). The van der Waals surface area contributed by atoms with Crippen molar-refractivity contribution in [2.75, 3.05) is 4.90 Å². The summed E-state index contributed by atoms with van der Waals surface area (Å²) in [4.78, 5) is 32.1. The number of ketones is 1. The van der Waals surface area contributed by atoms with Gasteiger partial charge in [0.1, 0.15) is 5.41 Å². The van der Waals surface area contributed by atoms with Crippen LogP contribution in [0.25, 0.3) is 0 Å². The van der Waals surface area contributed by atoms with Crippen molar-refractivity contribution in [2.45, 2.75) is 25.7 Å². The molecular formula is C18H14Cl2N2O2. The molecule has 0 bridgehead atoms. The number of rotatable bonds is 1. The second kappa shape index (κ2) is 5.57. The lowest BCUT2D eigenvalue weighted by Gasteiger charge is -2.38. The van der Waals surface area contributed by atoms with Crippen LogP contribution in [0.4, 0.5) is 11.5 Å². The van der Waals surface area contributed by atoms with Crippen molar-refractivity contribution in [3.8, 4) is 0 Å². The predicted molar refractivity (Wildman–Crippen MR) is 93.1 cm³/mol. The summed E-state index contributed by atoms with van der Waals surface area (Å²) in [6.07, 6.45) is 4.49. The fourth-order valence-electron chi connectivity index (χ4n) is 3.70. The summed E-state index contributed by atoms with van der Waals surface area (Å²) in [5.74, 6) is 0.0439. The molecule has 6 heteroatoms. The van der Waals surface area contributed by atoms with Crippen LogP contribution in [-0.2, 0) is 4.79 Å².